The first-order valence-corrected chi connectivity index (χ1v) is 11.1. The smallest absolute Gasteiger partial charge is 0.322 e. The number of nitrogens with two attached hydrogens (primary N) is 1. The van der Waals surface area contributed by atoms with Crippen LogP contribution in [0.25, 0.3) is 0 Å². The van der Waals surface area contributed by atoms with Crippen LogP contribution in [-0.2, 0) is 21.9 Å². The summed E-state index contributed by atoms with van der Waals surface area (Å²) in [5.41, 5.74) is 2.68. The van der Waals surface area contributed by atoms with Gasteiger partial charge in [0.15, 0.2) is 0 Å². The van der Waals surface area contributed by atoms with Gasteiger partial charge in [-0.3, -0.25) is 14.5 Å². The number of hydrogen-bond donors (Lipinski definition) is 1. The summed E-state index contributed by atoms with van der Waals surface area (Å²) in [5.74, 6) is -0.712. The maximum atomic E-state index is 13.3. The Kier molecular flexibility index (Phi) is 5.34. The highest BCUT2D eigenvalue weighted by Gasteiger charge is 2.56. The molecule has 13 heteroatoms. The summed E-state index contributed by atoms with van der Waals surface area (Å²) in [6, 6.07) is 0.252. The summed E-state index contributed by atoms with van der Waals surface area (Å²) in [4.78, 5) is 30.0. The zero-order chi connectivity index (χ0) is 25.4. The Morgan fingerprint density at radius 2 is 1.71 bits per heavy atom. The minimum Gasteiger partial charge on any atom is -0.322 e. The lowest BCUT2D eigenvalue weighted by Crippen LogP contribution is -2.57. The molecule has 2 bridgehead atoms. The van der Waals surface area contributed by atoms with E-state index in [4.69, 9.17) is 5.73 Å². The zero-order valence-corrected chi connectivity index (χ0v) is 18.2. The van der Waals surface area contributed by atoms with Gasteiger partial charge in [0, 0.05) is 24.8 Å². The van der Waals surface area contributed by atoms with Gasteiger partial charge in [0.2, 0.25) is 11.8 Å². The molecular weight excluding hydrogens is 480 g/mol. The van der Waals surface area contributed by atoms with Crippen molar-refractivity contribution in [2.45, 2.75) is 61.8 Å². The van der Waals surface area contributed by atoms with E-state index in [-0.39, 0.29) is 37.5 Å². The number of nitriles is 1. The van der Waals surface area contributed by atoms with Crippen LogP contribution in [0.4, 0.5) is 32.0 Å². The van der Waals surface area contributed by atoms with Crippen LogP contribution < -0.4 is 10.6 Å². The normalized spacial score (nSPS) is 31.0. The van der Waals surface area contributed by atoms with Gasteiger partial charge in [-0.1, -0.05) is 0 Å². The van der Waals surface area contributed by atoms with Gasteiger partial charge in [0.05, 0.1) is 35.3 Å². The van der Waals surface area contributed by atoms with Crippen molar-refractivity contribution < 1.29 is 35.9 Å². The molecular formula is C22H21F6N5O2. The molecule has 188 valence electrons. The van der Waals surface area contributed by atoms with E-state index >= 15 is 0 Å². The van der Waals surface area contributed by atoms with Crippen LogP contribution in [-0.4, -0.2) is 64.9 Å². The van der Waals surface area contributed by atoms with Crippen LogP contribution in [0.2, 0.25) is 0 Å². The predicted octanol–water partition coefficient (Wildman–Crippen LogP) is 2.35. The Labute approximate surface area is 196 Å². The summed E-state index contributed by atoms with van der Waals surface area (Å²) in [5, 5.41) is 9.30. The number of rotatable bonds is 4. The number of halogens is 6. The standard InChI is InChI=1S/C22H21F6N5O2/c23-21(24,25)11-3-12(22(26,27)28)5-13(4-11)32-15-6-18(20(32)35)31(8-15)9-16(30)19(34)33-14(7-29)1-10-2-17(10)33/h3-5,10,14-18H,1-2,6,8-9,30H2/t10-,14+,15?,16+,17+,18+/m1/s1. The van der Waals surface area contributed by atoms with Gasteiger partial charge in [0.1, 0.15) is 6.04 Å². The highest BCUT2D eigenvalue weighted by Crippen LogP contribution is 2.48. The summed E-state index contributed by atoms with van der Waals surface area (Å²) in [6.07, 6.45) is -8.40. The van der Waals surface area contributed by atoms with E-state index in [1.54, 1.807) is 4.90 Å². The van der Waals surface area contributed by atoms with Crippen LogP contribution in [0.3, 0.4) is 0 Å². The molecule has 1 aliphatic carbocycles. The summed E-state index contributed by atoms with van der Waals surface area (Å²) in [6.45, 7) is 0.157. The Morgan fingerprint density at radius 3 is 2.26 bits per heavy atom. The Bertz CT molecular complexity index is 1080. The van der Waals surface area contributed by atoms with E-state index in [1.165, 1.54) is 4.90 Å². The van der Waals surface area contributed by atoms with Crippen LogP contribution in [0, 0.1) is 17.2 Å². The van der Waals surface area contributed by atoms with Gasteiger partial charge in [-0.2, -0.15) is 31.6 Å². The van der Waals surface area contributed by atoms with E-state index in [0.717, 1.165) is 11.3 Å². The van der Waals surface area contributed by atoms with Crippen LogP contribution in [0.15, 0.2) is 18.2 Å². The first kappa shape index (κ1) is 23.9. The van der Waals surface area contributed by atoms with Crippen molar-refractivity contribution in [3.05, 3.63) is 29.3 Å². The molecule has 35 heavy (non-hydrogen) atoms. The first-order valence-electron chi connectivity index (χ1n) is 11.1. The van der Waals surface area contributed by atoms with Crippen molar-refractivity contribution in [2.24, 2.45) is 11.7 Å². The lowest BCUT2D eigenvalue weighted by Gasteiger charge is -2.36. The molecule has 0 aromatic heterocycles. The van der Waals surface area contributed by atoms with Crippen LogP contribution in [0.1, 0.15) is 30.4 Å². The average molecular weight is 501 g/mol. The third kappa shape index (κ3) is 4.02. The SMILES string of the molecule is N#C[C@@H]1C[C@@H]2C[C@@H]2N1C(=O)[C@@H](N)CN1CC2C[C@H]1C(=O)N2c1cc(C(F)(F)F)cc(C(F)(F)F)c1. The maximum Gasteiger partial charge on any atom is 0.416 e. The number of nitrogens with zero attached hydrogens (tertiary/aromatic N) is 4. The van der Waals surface area contributed by atoms with Crippen LogP contribution in [0.5, 0.6) is 0 Å². The van der Waals surface area contributed by atoms with Gasteiger partial charge in [-0.25, -0.2) is 0 Å². The average Bonchev–Trinajstić information content (AvgIpc) is 3.10. The van der Waals surface area contributed by atoms with E-state index in [9.17, 15) is 41.2 Å². The van der Waals surface area contributed by atoms with Crippen LogP contribution >= 0.6 is 0 Å². The lowest BCUT2D eigenvalue weighted by atomic mass is 10.1. The van der Waals surface area contributed by atoms with E-state index < -0.39 is 59.2 Å². The highest BCUT2D eigenvalue weighted by molar-refractivity contribution is 6.01. The minimum absolute atomic E-state index is 0.00199. The molecule has 2 amide bonds. The van der Waals surface area contributed by atoms with Crippen molar-refractivity contribution in [1.29, 1.82) is 5.26 Å². The first-order chi connectivity index (χ1) is 16.3. The number of anilines is 1. The second-order valence-corrected chi connectivity index (χ2v) is 9.63. The monoisotopic (exact) mass is 501 g/mol. The van der Waals surface area contributed by atoms with E-state index in [0.29, 0.717) is 24.5 Å². The molecule has 1 aromatic carbocycles. The van der Waals surface area contributed by atoms with Crippen molar-refractivity contribution >= 4 is 17.5 Å². The Hall–Kier alpha value is -2.85. The zero-order valence-electron chi connectivity index (χ0n) is 18.2. The number of likely N-dealkylation sites (tertiary alicyclic amines) is 2. The molecule has 4 fully saturated rings. The molecule has 0 radical (unpaired) electrons. The number of amides is 2. The molecule has 3 saturated heterocycles. The fraction of sp³-hybridized carbons (Fsp3) is 0.591. The number of alkyl halides is 6. The number of fused-ring (bicyclic) bond motifs is 3. The number of piperazine rings is 1. The van der Waals surface area contributed by atoms with E-state index in [2.05, 4.69) is 6.07 Å². The van der Waals surface area contributed by atoms with Gasteiger partial charge in [0.25, 0.3) is 0 Å². The number of benzene rings is 1. The van der Waals surface area contributed by atoms with Gasteiger partial charge < -0.3 is 15.5 Å². The molecule has 1 saturated carbocycles. The quantitative estimate of drug-likeness (QED) is 0.640. The Morgan fingerprint density at radius 1 is 1.09 bits per heavy atom. The molecule has 2 N–H and O–H groups in total. The predicted molar refractivity (Wildman–Crippen MR) is 108 cm³/mol. The number of hydrogen-bond acceptors (Lipinski definition) is 5. The van der Waals surface area contributed by atoms with E-state index in [1.807, 2.05) is 0 Å². The van der Waals surface area contributed by atoms with Crippen molar-refractivity contribution in [1.82, 2.24) is 9.80 Å². The molecule has 5 rings (SSSR count). The van der Waals surface area contributed by atoms with Crippen molar-refractivity contribution in [3.8, 4) is 6.07 Å². The third-order valence-electron chi connectivity index (χ3n) is 7.38. The van der Waals surface area contributed by atoms with Crippen molar-refractivity contribution in [2.75, 3.05) is 18.0 Å². The molecule has 7 nitrogen and oxygen atoms in total. The van der Waals surface area contributed by atoms with Gasteiger partial charge in [-0.05, 0) is 43.4 Å². The lowest BCUT2D eigenvalue weighted by molar-refractivity contribution is -0.143. The molecule has 1 unspecified atom stereocenters. The molecule has 0 spiro atoms. The highest BCUT2D eigenvalue weighted by atomic mass is 19.4. The second-order valence-electron chi connectivity index (χ2n) is 9.63. The third-order valence-corrected chi connectivity index (χ3v) is 7.38. The number of piperidine rings is 1. The largest absolute Gasteiger partial charge is 0.416 e. The summed E-state index contributed by atoms with van der Waals surface area (Å²) in [7, 11) is 0. The fourth-order valence-corrected chi connectivity index (χ4v) is 5.69. The Balaban J connectivity index is 1.32. The summed E-state index contributed by atoms with van der Waals surface area (Å²) >= 11 is 0. The number of carbonyl (C=O) groups excluding carboxylic acids is 2. The maximum absolute atomic E-state index is 13.3. The number of carbonyl (C=O) groups is 2. The molecule has 3 aliphatic heterocycles. The molecule has 4 aliphatic rings. The van der Waals surface area contributed by atoms with Crippen molar-refractivity contribution in [3.63, 3.8) is 0 Å². The summed E-state index contributed by atoms with van der Waals surface area (Å²) < 4.78 is 79.5. The topological polar surface area (TPSA) is 93.7 Å². The van der Waals surface area contributed by atoms with Gasteiger partial charge in [-0.15, -0.1) is 0 Å². The molecule has 1 aromatic rings. The minimum atomic E-state index is -5.02. The molecule has 6 atom stereocenters. The molecule has 3 heterocycles. The van der Waals surface area contributed by atoms with Gasteiger partial charge >= 0.3 is 12.4 Å². The second kappa shape index (κ2) is 7.83. The fourth-order valence-electron chi connectivity index (χ4n) is 5.69.